The maximum atomic E-state index is 12.6. The number of halogens is 1. The van der Waals surface area contributed by atoms with Gasteiger partial charge in [0.2, 0.25) is 10.0 Å². The zero-order chi connectivity index (χ0) is 15.5. The summed E-state index contributed by atoms with van der Waals surface area (Å²) in [6.07, 6.45) is 4.82. The van der Waals surface area contributed by atoms with Crippen LogP contribution in [0.15, 0.2) is 34.1 Å². The van der Waals surface area contributed by atoms with E-state index in [-0.39, 0.29) is 9.79 Å². The van der Waals surface area contributed by atoms with Crippen molar-refractivity contribution < 1.29 is 16.8 Å². The van der Waals surface area contributed by atoms with Crippen molar-refractivity contribution in [3.05, 3.63) is 24.3 Å². The first-order valence-corrected chi connectivity index (χ1v) is 10.6. The largest absolute Gasteiger partial charge is 0.261 e. The van der Waals surface area contributed by atoms with Crippen LogP contribution < -0.4 is 0 Å². The van der Waals surface area contributed by atoms with E-state index in [4.69, 9.17) is 10.7 Å². The molecule has 0 bridgehead atoms. The van der Waals surface area contributed by atoms with Crippen LogP contribution in [-0.2, 0) is 19.1 Å². The van der Waals surface area contributed by atoms with Crippen molar-refractivity contribution in [1.29, 1.82) is 0 Å². The minimum atomic E-state index is -3.94. The molecule has 5 nitrogen and oxygen atoms in total. The monoisotopic (exact) mass is 351 g/mol. The van der Waals surface area contributed by atoms with Crippen LogP contribution in [0.3, 0.4) is 0 Å². The van der Waals surface area contributed by atoms with Gasteiger partial charge in [0.15, 0.2) is 0 Å². The molecule has 0 unspecified atom stereocenters. The van der Waals surface area contributed by atoms with Crippen molar-refractivity contribution in [2.45, 2.75) is 41.9 Å². The number of rotatable bonds is 3. The van der Waals surface area contributed by atoms with Crippen molar-refractivity contribution in [3.8, 4) is 0 Å². The molecule has 0 aromatic heterocycles. The molecule has 8 heteroatoms. The summed E-state index contributed by atoms with van der Waals surface area (Å²) in [5, 5.41) is 0. The predicted molar refractivity (Wildman–Crippen MR) is 81.3 cm³/mol. The molecule has 0 saturated carbocycles. The zero-order valence-corrected chi connectivity index (χ0v) is 13.9. The van der Waals surface area contributed by atoms with E-state index in [1.54, 1.807) is 0 Å². The van der Waals surface area contributed by atoms with Crippen molar-refractivity contribution in [2.24, 2.45) is 0 Å². The normalized spacial score (nSPS) is 18.9. The lowest BCUT2D eigenvalue weighted by Crippen LogP contribution is -2.33. The van der Waals surface area contributed by atoms with Gasteiger partial charge < -0.3 is 0 Å². The van der Waals surface area contributed by atoms with Gasteiger partial charge in [-0.2, -0.15) is 4.31 Å². The van der Waals surface area contributed by atoms with Gasteiger partial charge in [-0.1, -0.05) is 25.3 Å². The van der Waals surface area contributed by atoms with E-state index in [2.05, 4.69) is 0 Å². The van der Waals surface area contributed by atoms with Gasteiger partial charge >= 0.3 is 0 Å². The lowest BCUT2D eigenvalue weighted by Gasteiger charge is -2.24. The first kappa shape index (κ1) is 16.7. The molecule has 0 radical (unpaired) electrons. The Hall–Kier alpha value is -0.630. The molecule has 2 rings (SSSR count). The molecule has 1 aromatic carbocycles. The summed E-state index contributed by atoms with van der Waals surface area (Å²) < 4.78 is 49.4. The molecule has 0 spiro atoms. The Morgan fingerprint density at radius 3 is 1.95 bits per heavy atom. The maximum absolute atomic E-state index is 12.6. The molecule has 0 atom stereocenters. The molecule has 1 fully saturated rings. The van der Waals surface area contributed by atoms with Crippen LogP contribution in [0.2, 0.25) is 0 Å². The van der Waals surface area contributed by atoms with E-state index < -0.39 is 19.1 Å². The minimum absolute atomic E-state index is 0.0233. The molecule has 118 valence electrons. The predicted octanol–water partition coefficient (Wildman–Crippen LogP) is 2.57. The Labute approximate surface area is 130 Å². The van der Waals surface area contributed by atoms with Gasteiger partial charge in [0.05, 0.1) is 9.79 Å². The minimum Gasteiger partial charge on any atom is -0.207 e. The second-order valence-electron chi connectivity index (χ2n) is 5.08. The summed E-state index contributed by atoms with van der Waals surface area (Å²) in [6.45, 7) is 0.945. The molecule has 0 N–H and O–H groups in total. The lowest BCUT2D eigenvalue weighted by atomic mass is 10.1. The van der Waals surface area contributed by atoms with Crippen molar-refractivity contribution in [1.82, 2.24) is 4.31 Å². The van der Waals surface area contributed by atoms with Gasteiger partial charge in [-0.25, -0.2) is 16.8 Å². The first-order valence-electron chi connectivity index (χ1n) is 6.87. The lowest BCUT2D eigenvalue weighted by molar-refractivity contribution is 0.364. The molecule has 1 aliphatic heterocycles. The van der Waals surface area contributed by atoms with Crippen LogP contribution >= 0.6 is 10.7 Å². The van der Waals surface area contributed by atoms with Crippen LogP contribution in [0.4, 0.5) is 0 Å². The molecular formula is C13H18ClNO4S2. The molecule has 1 aromatic rings. The Morgan fingerprint density at radius 1 is 0.857 bits per heavy atom. The van der Waals surface area contributed by atoms with Crippen LogP contribution in [0.5, 0.6) is 0 Å². The highest BCUT2D eigenvalue weighted by atomic mass is 35.7. The highest BCUT2D eigenvalue weighted by molar-refractivity contribution is 8.13. The Kier molecular flexibility index (Phi) is 5.29. The summed E-state index contributed by atoms with van der Waals surface area (Å²) in [6, 6.07) is 5.21. The summed E-state index contributed by atoms with van der Waals surface area (Å²) >= 11 is 0. The van der Waals surface area contributed by atoms with Crippen LogP contribution in [0.25, 0.3) is 0 Å². The van der Waals surface area contributed by atoms with Gasteiger partial charge in [0, 0.05) is 23.8 Å². The van der Waals surface area contributed by atoms with Crippen molar-refractivity contribution >= 4 is 29.8 Å². The number of benzene rings is 1. The first-order chi connectivity index (χ1) is 9.82. The zero-order valence-electron chi connectivity index (χ0n) is 11.5. The van der Waals surface area contributed by atoms with Crippen molar-refractivity contribution in [3.63, 3.8) is 0 Å². The number of nitrogens with zero attached hydrogens (tertiary/aromatic N) is 1. The molecule has 1 saturated heterocycles. The Morgan fingerprint density at radius 2 is 1.38 bits per heavy atom. The number of sulfonamides is 1. The van der Waals surface area contributed by atoms with E-state index in [1.807, 2.05) is 0 Å². The van der Waals surface area contributed by atoms with Gasteiger partial charge in [0.25, 0.3) is 9.05 Å². The summed E-state index contributed by atoms with van der Waals surface area (Å²) in [4.78, 5) is -0.220. The third-order valence-electron chi connectivity index (χ3n) is 3.54. The SMILES string of the molecule is O=S(=O)(Cl)c1cccc(S(=O)(=O)N2CCCCCCC2)c1. The Bertz CT molecular complexity index is 693. The van der Waals surface area contributed by atoms with Crippen LogP contribution in [0, 0.1) is 0 Å². The quantitative estimate of drug-likeness (QED) is 0.784. The molecule has 0 amide bonds. The van der Waals surface area contributed by atoms with Gasteiger partial charge in [-0.3, -0.25) is 0 Å². The van der Waals surface area contributed by atoms with E-state index in [1.165, 1.54) is 22.5 Å². The topological polar surface area (TPSA) is 71.5 Å². The highest BCUT2D eigenvalue weighted by Gasteiger charge is 2.25. The van der Waals surface area contributed by atoms with E-state index >= 15 is 0 Å². The Balaban J connectivity index is 2.34. The summed E-state index contributed by atoms with van der Waals surface area (Å²) in [5.74, 6) is 0. The molecular weight excluding hydrogens is 334 g/mol. The third-order valence-corrected chi connectivity index (χ3v) is 6.79. The summed E-state index contributed by atoms with van der Waals surface area (Å²) in [7, 11) is -2.34. The van der Waals surface area contributed by atoms with E-state index in [0.717, 1.165) is 38.2 Å². The number of hydrogen-bond donors (Lipinski definition) is 0. The van der Waals surface area contributed by atoms with Crippen LogP contribution in [-0.4, -0.2) is 34.2 Å². The van der Waals surface area contributed by atoms with Crippen LogP contribution in [0.1, 0.15) is 32.1 Å². The maximum Gasteiger partial charge on any atom is 0.261 e. The second-order valence-corrected chi connectivity index (χ2v) is 9.59. The average Bonchev–Trinajstić information content (AvgIpc) is 2.37. The van der Waals surface area contributed by atoms with E-state index in [0.29, 0.717) is 13.1 Å². The fraction of sp³-hybridized carbons (Fsp3) is 0.538. The van der Waals surface area contributed by atoms with E-state index in [9.17, 15) is 16.8 Å². The van der Waals surface area contributed by atoms with Gasteiger partial charge in [-0.15, -0.1) is 0 Å². The van der Waals surface area contributed by atoms with Gasteiger partial charge in [-0.05, 0) is 31.0 Å². The fourth-order valence-electron chi connectivity index (χ4n) is 2.39. The highest BCUT2D eigenvalue weighted by Crippen LogP contribution is 2.23. The molecule has 21 heavy (non-hydrogen) atoms. The average molecular weight is 352 g/mol. The fourth-order valence-corrected chi connectivity index (χ4v) is 4.83. The molecule has 1 heterocycles. The molecule has 1 aliphatic rings. The van der Waals surface area contributed by atoms with Crippen molar-refractivity contribution in [2.75, 3.05) is 13.1 Å². The number of hydrogen-bond acceptors (Lipinski definition) is 4. The molecule has 0 aliphatic carbocycles. The smallest absolute Gasteiger partial charge is 0.207 e. The third kappa shape index (κ3) is 4.18. The van der Waals surface area contributed by atoms with Gasteiger partial charge in [0.1, 0.15) is 0 Å². The standard InChI is InChI=1S/C13H18ClNO4S2/c14-20(16,17)12-7-6-8-13(11-12)21(18,19)15-9-4-2-1-3-5-10-15/h6-8,11H,1-5,9-10H2. The second kappa shape index (κ2) is 6.64. The summed E-state index contributed by atoms with van der Waals surface area (Å²) in [5.41, 5.74) is 0.